The van der Waals surface area contributed by atoms with Crippen LogP contribution in [0.1, 0.15) is 19.4 Å². The summed E-state index contributed by atoms with van der Waals surface area (Å²) in [7, 11) is 0. The predicted molar refractivity (Wildman–Crippen MR) is 69.0 cm³/mol. The minimum Gasteiger partial charge on any atom is -0.502 e. The van der Waals surface area contributed by atoms with E-state index >= 15 is 0 Å². The van der Waals surface area contributed by atoms with Gasteiger partial charge in [0.2, 0.25) is 0 Å². The molecule has 0 saturated carbocycles. The highest BCUT2D eigenvalue weighted by molar-refractivity contribution is 6.31. The van der Waals surface area contributed by atoms with Crippen molar-refractivity contribution in [3.8, 4) is 5.75 Å². The predicted octanol–water partition coefficient (Wildman–Crippen LogP) is 2.87. The van der Waals surface area contributed by atoms with E-state index in [0.717, 1.165) is 6.07 Å². The molecule has 0 amide bonds. The number of halogens is 2. The number of benzene rings is 1. The first-order valence-electron chi connectivity index (χ1n) is 4.81. The summed E-state index contributed by atoms with van der Waals surface area (Å²) in [6, 6.07) is 2.87. The molecule has 0 fully saturated rings. The summed E-state index contributed by atoms with van der Waals surface area (Å²) in [6.45, 7) is 4.22. The normalized spacial score (nSPS) is 10.1. The van der Waals surface area contributed by atoms with E-state index in [1.165, 1.54) is 6.07 Å². The van der Waals surface area contributed by atoms with E-state index in [-0.39, 0.29) is 34.9 Å². The number of nitrogens with zero attached hydrogens (tertiary/aromatic N) is 1. The van der Waals surface area contributed by atoms with Gasteiger partial charge in [0.05, 0.1) is 4.92 Å². The molecule has 7 heteroatoms. The Morgan fingerprint density at radius 2 is 2.12 bits per heavy atom. The Kier molecular flexibility index (Phi) is 6.23. The Labute approximate surface area is 110 Å². The summed E-state index contributed by atoms with van der Waals surface area (Å²) in [5.74, 6) is -0.331. The molecule has 0 aliphatic rings. The average molecular weight is 281 g/mol. The van der Waals surface area contributed by atoms with Crippen molar-refractivity contribution in [1.82, 2.24) is 5.32 Å². The van der Waals surface area contributed by atoms with Crippen molar-refractivity contribution in [2.75, 3.05) is 0 Å². The number of hydrogen-bond acceptors (Lipinski definition) is 4. The van der Waals surface area contributed by atoms with Gasteiger partial charge in [-0.25, -0.2) is 0 Å². The molecule has 0 aliphatic carbocycles. The summed E-state index contributed by atoms with van der Waals surface area (Å²) in [6.07, 6.45) is 0. The second kappa shape index (κ2) is 6.64. The molecule has 1 aromatic rings. The Morgan fingerprint density at radius 3 is 2.59 bits per heavy atom. The number of aromatic hydroxyl groups is 1. The molecule has 0 unspecified atom stereocenters. The molecule has 0 spiro atoms. The zero-order chi connectivity index (χ0) is 12.3. The number of phenolic OH excluding ortho intramolecular Hbond substituents is 1. The third-order valence-corrected chi connectivity index (χ3v) is 2.25. The van der Waals surface area contributed by atoms with Crippen molar-refractivity contribution >= 4 is 29.7 Å². The Bertz CT molecular complexity index is 411. The van der Waals surface area contributed by atoms with Gasteiger partial charge in [-0.3, -0.25) is 10.1 Å². The highest BCUT2D eigenvalue weighted by Crippen LogP contribution is 2.33. The summed E-state index contributed by atoms with van der Waals surface area (Å²) < 4.78 is 0. The average Bonchev–Trinajstić information content (AvgIpc) is 2.18. The van der Waals surface area contributed by atoms with Crippen molar-refractivity contribution in [2.45, 2.75) is 26.4 Å². The van der Waals surface area contributed by atoms with Gasteiger partial charge < -0.3 is 10.4 Å². The lowest BCUT2D eigenvalue weighted by molar-refractivity contribution is -0.385. The maximum atomic E-state index is 10.6. The van der Waals surface area contributed by atoms with Crippen LogP contribution in [0.25, 0.3) is 0 Å². The molecule has 5 nitrogen and oxygen atoms in total. The zero-order valence-corrected chi connectivity index (χ0v) is 11.0. The number of rotatable bonds is 4. The van der Waals surface area contributed by atoms with E-state index in [4.69, 9.17) is 11.6 Å². The van der Waals surface area contributed by atoms with Crippen LogP contribution < -0.4 is 5.32 Å². The molecule has 0 aliphatic heterocycles. The minimum absolute atomic E-state index is 0. The molecule has 17 heavy (non-hydrogen) atoms. The fourth-order valence-electron chi connectivity index (χ4n) is 1.23. The Hall–Kier alpha value is -1.04. The molecule has 0 atom stereocenters. The molecule has 0 radical (unpaired) electrons. The lowest BCUT2D eigenvalue weighted by Gasteiger charge is -2.10. The van der Waals surface area contributed by atoms with Crippen molar-refractivity contribution in [2.24, 2.45) is 0 Å². The zero-order valence-electron chi connectivity index (χ0n) is 9.44. The van der Waals surface area contributed by atoms with E-state index in [1.54, 1.807) is 0 Å². The monoisotopic (exact) mass is 280 g/mol. The standard InChI is InChI=1S/C10H13ClN2O3.ClH/c1-6(2)12-5-7-3-8(11)4-9(10(7)14)13(15)16;/h3-4,6,12,14H,5H2,1-2H3;1H. The lowest BCUT2D eigenvalue weighted by atomic mass is 10.1. The molecule has 0 bridgehead atoms. The van der Waals surface area contributed by atoms with Crippen LogP contribution in [0.5, 0.6) is 5.75 Å². The van der Waals surface area contributed by atoms with Crippen LogP contribution in [-0.2, 0) is 6.54 Å². The van der Waals surface area contributed by atoms with E-state index in [9.17, 15) is 15.2 Å². The van der Waals surface area contributed by atoms with Gasteiger partial charge >= 0.3 is 5.69 Å². The van der Waals surface area contributed by atoms with Crippen LogP contribution in [0, 0.1) is 10.1 Å². The Balaban J connectivity index is 0.00000256. The summed E-state index contributed by atoms with van der Waals surface area (Å²) in [4.78, 5) is 9.98. The third kappa shape index (κ3) is 4.38. The fourth-order valence-corrected chi connectivity index (χ4v) is 1.46. The number of nitro benzene ring substituents is 1. The number of nitro groups is 1. The molecular weight excluding hydrogens is 267 g/mol. The third-order valence-electron chi connectivity index (χ3n) is 2.03. The van der Waals surface area contributed by atoms with Gasteiger partial charge in [-0.05, 0) is 6.07 Å². The van der Waals surface area contributed by atoms with Gasteiger partial charge in [0.1, 0.15) is 0 Å². The first-order chi connectivity index (χ1) is 7.41. The topological polar surface area (TPSA) is 75.4 Å². The molecule has 0 aromatic heterocycles. The molecule has 96 valence electrons. The van der Waals surface area contributed by atoms with Crippen LogP contribution in [0.4, 0.5) is 5.69 Å². The second-order valence-corrected chi connectivity index (χ2v) is 4.16. The van der Waals surface area contributed by atoms with E-state index < -0.39 is 4.92 Å². The van der Waals surface area contributed by atoms with Gasteiger partial charge in [-0.2, -0.15) is 0 Å². The highest BCUT2D eigenvalue weighted by Gasteiger charge is 2.18. The Morgan fingerprint density at radius 1 is 1.53 bits per heavy atom. The van der Waals surface area contributed by atoms with E-state index in [2.05, 4.69) is 5.32 Å². The first-order valence-corrected chi connectivity index (χ1v) is 5.18. The van der Waals surface area contributed by atoms with Crippen LogP contribution >= 0.6 is 24.0 Å². The highest BCUT2D eigenvalue weighted by atomic mass is 35.5. The minimum atomic E-state index is -0.653. The number of nitrogens with one attached hydrogen (secondary N) is 1. The lowest BCUT2D eigenvalue weighted by Crippen LogP contribution is -2.21. The SMILES string of the molecule is CC(C)NCc1cc(Cl)cc([N+](=O)[O-])c1O.Cl. The van der Waals surface area contributed by atoms with Crippen molar-refractivity contribution in [1.29, 1.82) is 0 Å². The van der Waals surface area contributed by atoms with Gasteiger partial charge in [-0.1, -0.05) is 25.4 Å². The van der Waals surface area contributed by atoms with Gasteiger partial charge in [0, 0.05) is 29.2 Å². The van der Waals surface area contributed by atoms with Crippen LogP contribution in [0.15, 0.2) is 12.1 Å². The maximum absolute atomic E-state index is 10.6. The molecule has 0 heterocycles. The summed E-state index contributed by atoms with van der Waals surface area (Å²) in [5, 5.41) is 23.6. The molecule has 2 N–H and O–H groups in total. The van der Waals surface area contributed by atoms with E-state index in [1.807, 2.05) is 13.8 Å². The quantitative estimate of drug-likeness (QED) is 0.657. The smallest absolute Gasteiger partial charge is 0.312 e. The summed E-state index contributed by atoms with van der Waals surface area (Å²) in [5.41, 5.74) is 0.0564. The number of hydrogen-bond donors (Lipinski definition) is 2. The molecule has 1 aromatic carbocycles. The molecule has 1 rings (SSSR count). The number of phenols is 1. The van der Waals surface area contributed by atoms with Gasteiger partial charge in [0.15, 0.2) is 5.75 Å². The first kappa shape index (κ1) is 16.0. The molecular formula is C10H14Cl2N2O3. The van der Waals surface area contributed by atoms with Crippen LogP contribution in [-0.4, -0.2) is 16.1 Å². The van der Waals surface area contributed by atoms with Crippen molar-refractivity contribution < 1.29 is 10.0 Å². The van der Waals surface area contributed by atoms with Crippen LogP contribution in [0.2, 0.25) is 5.02 Å². The largest absolute Gasteiger partial charge is 0.502 e. The van der Waals surface area contributed by atoms with Crippen molar-refractivity contribution in [3.63, 3.8) is 0 Å². The summed E-state index contributed by atoms with van der Waals surface area (Å²) >= 11 is 5.74. The van der Waals surface area contributed by atoms with Gasteiger partial charge in [-0.15, -0.1) is 12.4 Å². The van der Waals surface area contributed by atoms with Gasteiger partial charge in [0.25, 0.3) is 0 Å². The van der Waals surface area contributed by atoms with Crippen LogP contribution in [0.3, 0.4) is 0 Å². The second-order valence-electron chi connectivity index (χ2n) is 3.73. The maximum Gasteiger partial charge on any atom is 0.312 e. The molecule has 0 saturated heterocycles. The van der Waals surface area contributed by atoms with Crippen molar-refractivity contribution in [3.05, 3.63) is 32.8 Å². The fraction of sp³-hybridized carbons (Fsp3) is 0.400. The van der Waals surface area contributed by atoms with E-state index in [0.29, 0.717) is 12.1 Å².